The van der Waals surface area contributed by atoms with Gasteiger partial charge in [-0.2, -0.15) is 0 Å². The molecule has 1 aromatic heterocycles. The second-order valence-corrected chi connectivity index (χ2v) is 8.94. The molecule has 2 amide bonds. The molecule has 2 fully saturated rings. The van der Waals surface area contributed by atoms with E-state index in [4.69, 9.17) is 16.0 Å². The summed E-state index contributed by atoms with van der Waals surface area (Å²) in [6.45, 7) is 0.174. The number of nitrogens with zero attached hydrogens (tertiary/aromatic N) is 3. The summed E-state index contributed by atoms with van der Waals surface area (Å²) in [4.78, 5) is 38.4. The molecule has 1 aromatic carbocycles. The highest BCUT2D eigenvalue weighted by atomic mass is 35.5. The van der Waals surface area contributed by atoms with Crippen LogP contribution in [0.1, 0.15) is 22.5 Å². The molecule has 0 bridgehead atoms. The van der Waals surface area contributed by atoms with Crippen LogP contribution in [0.4, 0.5) is 0 Å². The van der Waals surface area contributed by atoms with Gasteiger partial charge in [0, 0.05) is 17.0 Å². The van der Waals surface area contributed by atoms with Crippen molar-refractivity contribution in [2.45, 2.75) is 18.2 Å². The van der Waals surface area contributed by atoms with Gasteiger partial charge in [-0.1, -0.05) is 35.1 Å². The summed E-state index contributed by atoms with van der Waals surface area (Å²) in [7, 11) is 0. The molecule has 2 aliphatic rings. The Kier molecular flexibility index (Phi) is 6.26. The van der Waals surface area contributed by atoms with E-state index in [-0.39, 0.29) is 36.3 Å². The van der Waals surface area contributed by atoms with Gasteiger partial charge in [-0.05, 0) is 36.4 Å². The minimum absolute atomic E-state index is 0.0147. The summed E-state index contributed by atoms with van der Waals surface area (Å²) < 4.78 is 5.35. The SMILES string of the molecule is O=C1CSC(=N/N=C2\S[C@H](CC(=O)c3ccc(Cl)cc3)C(=O)N2Cc2ccco2)N1. The minimum Gasteiger partial charge on any atom is -0.467 e. The molecule has 0 spiro atoms. The first-order chi connectivity index (χ1) is 14.5. The fraction of sp³-hybridized carbons (Fsp3) is 0.211. The van der Waals surface area contributed by atoms with E-state index in [0.29, 0.717) is 26.7 Å². The van der Waals surface area contributed by atoms with E-state index in [1.807, 2.05) is 0 Å². The van der Waals surface area contributed by atoms with Crippen molar-refractivity contribution in [1.29, 1.82) is 0 Å². The maximum absolute atomic E-state index is 13.0. The quantitative estimate of drug-likeness (QED) is 0.522. The molecule has 1 atom stereocenters. The molecule has 4 rings (SSSR count). The predicted octanol–water partition coefficient (Wildman–Crippen LogP) is 3.14. The van der Waals surface area contributed by atoms with Crippen molar-refractivity contribution in [1.82, 2.24) is 10.2 Å². The van der Waals surface area contributed by atoms with E-state index < -0.39 is 5.25 Å². The average Bonchev–Trinajstić information content (AvgIpc) is 3.45. The monoisotopic (exact) mass is 462 g/mol. The molecule has 0 radical (unpaired) electrons. The van der Waals surface area contributed by atoms with Crippen molar-refractivity contribution in [3.63, 3.8) is 0 Å². The zero-order chi connectivity index (χ0) is 21.1. The third-order valence-corrected chi connectivity index (χ3v) is 6.55. The topological polar surface area (TPSA) is 104 Å². The molecule has 0 unspecified atom stereocenters. The van der Waals surface area contributed by atoms with Gasteiger partial charge in [0.2, 0.25) is 11.8 Å². The van der Waals surface area contributed by atoms with Crippen LogP contribution in [0.15, 0.2) is 57.3 Å². The second kappa shape index (κ2) is 9.07. The number of hydrogen-bond donors (Lipinski definition) is 1. The fourth-order valence-corrected chi connectivity index (χ4v) is 4.65. The number of amidine groups is 2. The van der Waals surface area contributed by atoms with Crippen LogP contribution in [0.25, 0.3) is 0 Å². The van der Waals surface area contributed by atoms with Crippen molar-refractivity contribution < 1.29 is 18.8 Å². The van der Waals surface area contributed by atoms with E-state index in [1.54, 1.807) is 36.4 Å². The Balaban J connectivity index is 1.53. The van der Waals surface area contributed by atoms with Crippen molar-refractivity contribution in [2.75, 3.05) is 5.75 Å². The molecule has 0 saturated carbocycles. The van der Waals surface area contributed by atoms with Gasteiger partial charge < -0.3 is 9.73 Å². The third-order valence-electron chi connectivity index (χ3n) is 4.26. The standard InChI is InChI=1S/C19H15ClN4O4S2/c20-12-5-3-11(4-6-12)14(25)8-15-17(27)24(9-13-2-1-7-28-13)19(30-15)23-22-18-21-16(26)10-29-18/h1-7,15H,8-10H2,(H,21,22,26)/b23-19-/t15-/m1/s1. The van der Waals surface area contributed by atoms with Crippen LogP contribution in [0.3, 0.4) is 0 Å². The van der Waals surface area contributed by atoms with Crippen molar-refractivity contribution in [3.05, 3.63) is 59.0 Å². The van der Waals surface area contributed by atoms with Crippen LogP contribution in [0.5, 0.6) is 0 Å². The van der Waals surface area contributed by atoms with E-state index in [1.165, 1.54) is 34.7 Å². The van der Waals surface area contributed by atoms with Crippen LogP contribution in [0.2, 0.25) is 5.02 Å². The minimum atomic E-state index is -0.632. The number of ketones is 1. The van der Waals surface area contributed by atoms with Gasteiger partial charge >= 0.3 is 0 Å². The first-order valence-electron chi connectivity index (χ1n) is 8.87. The Morgan fingerprint density at radius 2 is 2.03 bits per heavy atom. The van der Waals surface area contributed by atoms with E-state index in [2.05, 4.69) is 15.5 Å². The van der Waals surface area contributed by atoms with Crippen molar-refractivity contribution in [2.24, 2.45) is 10.2 Å². The number of benzene rings is 1. The maximum Gasteiger partial charge on any atom is 0.243 e. The van der Waals surface area contributed by atoms with Crippen LogP contribution < -0.4 is 5.32 Å². The van der Waals surface area contributed by atoms with Crippen LogP contribution >= 0.6 is 35.1 Å². The molecule has 1 N–H and O–H groups in total. The average molecular weight is 463 g/mol. The number of Topliss-reactive ketones (excluding diaryl/α,β-unsaturated/α-hetero) is 1. The lowest BCUT2D eigenvalue weighted by Gasteiger charge is -2.14. The molecule has 154 valence electrons. The van der Waals surface area contributed by atoms with Gasteiger partial charge in [0.15, 0.2) is 16.1 Å². The number of thioether (sulfide) groups is 2. The zero-order valence-corrected chi connectivity index (χ0v) is 17.8. The molecular formula is C19H15ClN4O4S2. The zero-order valence-electron chi connectivity index (χ0n) is 15.4. The molecule has 3 heterocycles. The molecule has 8 nitrogen and oxygen atoms in total. The van der Waals surface area contributed by atoms with Crippen LogP contribution in [-0.4, -0.2) is 43.8 Å². The molecule has 2 saturated heterocycles. The first kappa shape index (κ1) is 20.7. The van der Waals surface area contributed by atoms with E-state index >= 15 is 0 Å². The maximum atomic E-state index is 13.0. The number of rotatable bonds is 6. The molecule has 30 heavy (non-hydrogen) atoms. The summed E-state index contributed by atoms with van der Waals surface area (Å²) in [5, 5.41) is 11.4. The highest BCUT2D eigenvalue weighted by Gasteiger charge is 2.40. The van der Waals surface area contributed by atoms with E-state index in [9.17, 15) is 14.4 Å². The van der Waals surface area contributed by atoms with Gasteiger partial charge in [0.1, 0.15) is 5.76 Å². The lowest BCUT2D eigenvalue weighted by Crippen LogP contribution is -2.32. The third kappa shape index (κ3) is 4.77. The summed E-state index contributed by atoms with van der Waals surface area (Å²) in [5.41, 5.74) is 0.487. The Morgan fingerprint density at radius 1 is 1.23 bits per heavy atom. The number of furan rings is 1. The van der Waals surface area contributed by atoms with Gasteiger partial charge in [-0.25, -0.2) is 0 Å². The molecule has 2 aromatic rings. The Bertz CT molecular complexity index is 1040. The molecule has 0 aliphatic carbocycles. The van der Waals surface area contributed by atoms with Crippen molar-refractivity contribution >= 4 is 63.1 Å². The molecular weight excluding hydrogens is 448 g/mol. The number of hydrogen-bond acceptors (Lipinski definition) is 8. The van der Waals surface area contributed by atoms with Gasteiger partial charge in [0.25, 0.3) is 0 Å². The Hall–Kier alpha value is -2.56. The Labute approximate surface area is 185 Å². The first-order valence-corrected chi connectivity index (χ1v) is 11.1. The van der Waals surface area contributed by atoms with Gasteiger partial charge in [-0.3, -0.25) is 19.3 Å². The second-order valence-electron chi connectivity index (χ2n) is 6.37. The van der Waals surface area contributed by atoms with Gasteiger partial charge in [-0.15, -0.1) is 10.2 Å². The predicted molar refractivity (Wildman–Crippen MR) is 117 cm³/mol. The highest BCUT2D eigenvalue weighted by molar-refractivity contribution is 8.15. The van der Waals surface area contributed by atoms with Crippen molar-refractivity contribution in [3.8, 4) is 0 Å². The number of amides is 2. The van der Waals surface area contributed by atoms with Crippen LogP contribution in [-0.2, 0) is 16.1 Å². The number of carbonyl (C=O) groups excluding carboxylic acids is 3. The molecule has 2 aliphatic heterocycles. The fourth-order valence-electron chi connectivity index (χ4n) is 2.81. The summed E-state index contributed by atoms with van der Waals surface area (Å²) in [6.07, 6.45) is 1.53. The smallest absolute Gasteiger partial charge is 0.243 e. The van der Waals surface area contributed by atoms with E-state index in [0.717, 1.165) is 0 Å². The Morgan fingerprint density at radius 3 is 2.70 bits per heavy atom. The highest BCUT2D eigenvalue weighted by Crippen LogP contribution is 2.32. The normalized spacial score (nSPS) is 21.6. The number of halogens is 1. The summed E-state index contributed by atoms with van der Waals surface area (Å²) >= 11 is 8.28. The molecule has 11 heteroatoms. The largest absolute Gasteiger partial charge is 0.467 e. The van der Waals surface area contributed by atoms with Crippen LogP contribution in [0, 0.1) is 0 Å². The number of carbonyl (C=O) groups is 3. The lowest BCUT2D eigenvalue weighted by molar-refractivity contribution is -0.126. The number of nitrogens with one attached hydrogen (secondary N) is 1. The summed E-state index contributed by atoms with van der Waals surface area (Å²) in [5.74, 6) is 0.303. The lowest BCUT2D eigenvalue weighted by atomic mass is 10.1. The van der Waals surface area contributed by atoms with Gasteiger partial charge in [0.05, 0.1) is 23.8 Å². The summed E-state index contributed by atoms with van der Waals surface area (Å²) in [6, 6.07) is 10.0.